The maximum atomic E-state index is 12.9. The molecule has 0 aliphatic heterocycles. The number of hydrogen-bond acceptors (Lipinski definition) is 5. The van der Waals surface area contributed by atoms with Gasteiger partial charge in [-0.3, -0.25) is 9.36 Å². The van der Waals surface area contributed by atoms with E-state index in [4.69, 9.17) is 16.3 Å². The number of thiazole rings is 1. The molecule has 0 fully saturated rings. The lowest BCUT2D eigenvalue weighted by atomic mass is 10.2. The number of halogens is 1. The molecular formula is C24H23ClN2O4S2. The Hall–Kier alpha value is -2.65. The molecule has 0 spiro atoms. The Morgan fingerprint density at radius 2 is 1.82 bits per heavy atom. The van der Waals surface area contributed by atoms with Crippen molar-refractivity contribution < 1.29 is 13.2 Å². The molecule has 0 amide bonds. The van der Waals surface area contributed by atoms with Crippen LogP contribution in [0.3, 0.4) is 0 Å². The average Bonchev–Trinajstić information content (AvgIpc) is 3.08. The molecule has 4 aromatic rings. The molecule has 1 N–H and O–H groups in total. The number of aryl methyl sites for hydroxylation is 1. The van der Waals surface area contributed by atoms with Crippen LogP contribution >= 0.6 is 22.9 Å². The minimum absolute atomic E-state index is 0.109. The van der Waals surface area contributed by atoms with Gasteiger partial charge >= 0.3 is 4.87 Å². The van der Waals surface area contributed by atoms with Crippen molar-refractivity contribution in [3.63, 3.8) is 0 Å². The minimum atomic E-state index is -3.78. The van der Waals surface area contributed by atoms with Gasteiger partial charge < -0.3 is 4.74 Å². The summed E-state index contributed by atoms with van der Waals surface area (Å²) < 4.78 is 36.5. The first kappa shape index (κ1) is 23.5. The van der Waals surface area contributed by atoms with Crippen molar-refractivity contribution in [3.8, 4) is 5.75 Å². The van der Waals surface area contributed by atoms with Crippen LogP contribution < -0.4 is 14.3 Å². The molecule has 33 heavy (non-hydrogen) atoms. The lowest BCUT2D eigenvalue weighted by Crippen LogP contribution is -2.36. The second-order valence-corrected chi connectivity index (χ2v) is 11.0. The first-order chi connectivity index (χ1) is 15.7. The van der Waals surface area contributed by atoms with Crippen molar-refractivity contribution in [1.82, 2.24) is 9.29 Å². The van der Waals surface area contributed by atoms with Crippen LogP contribution in [0.5, 0.6) is 5.75 Å². The van der Waals surface area contributed by atoms with E-state index in [9.17, 15) is 13.2 Å². The first-order valence-electron chi connectivity index (χ1n) is 10.3. The Balaban J connectivity index is 1.51. The van der Waals surface area contributed by atoms with Crippen molar-refractivity contribution in [2.45, 2.75) is 31.3 Å². The quantitative estimate of drug-likeness (QED) is 0.375. The van der Waals surface area contributed by atoms with E-state index in [0.29, 0.717) is 21.8 Å². The van der Waals surface area contributed by atoms with Crippen molar-refractivity contribution in [2.24, 2.45) is 0 Å². The number of rotatable bonds is 8. The molecule has 0 aliphatic carbocycles. The van der Waals surface area contributed by atoms with Gasteiger partial charge in [0.1, 0.15) is 12.4 Å². The highest BCUT2D eigenvalue weighted by atomic mass is 35.5. The van der Waals surface area contributed by atoms with Gasteiger partial charge in [0.05, 0.1) is 27.7 Å². The summed E-state index contributed by atoms with van der Waals surface area (Å²) in [4.78, 5) is 12.5. The van der Waals surface area contributed by atoms with Crippen LogP contribution in [0.2, 0.25) is 5.02 Å². The van der Waals surface area contributed by atoms with Crippen molar-refractivity contribution in [3.05, 3.63) is 92.5 Å². The van der Waals surface area contributed by atoms with E-state index in [1.165, 1.54) is 12.1 Å². The Labute approximate surface area is 201 Å². The molecular weight excluding hydrogens is 480 g/mol. The molecule has 0 aliphatic rings. The van der Waals surface area contributed by atoms with E-state index < -0.39 is 16.1 Å². The van der Waals surface area contributed by atoms with Gasteiger partial charge in [-0.15, -0.1) is 0 Å². The van der Waals surface area contributed by atoms with Crippen LogP contribution in [-0.2, 0) is 16.6 Å². The maximum absolute atomic E-state index is 12.9. The zero-order valence-electron chi connectivity index (χ0n) is 18.1. The van der Waals surface area contributed by atoms with Gasteiger partial charge in [0.2, 0.25) is 10.0 Å². The third kappa shape index (κ3) is 5.47. The van der Waals surface area contributed by atoms with Gasteiger partial charge in [-0.2, -0.15) is 0 Å². The highest BCUT2D eigenvalue weighted by Crippen LogP contribution is 2.23. The number of benzene rings is 3. The largest absolute Gasteiger partial charge is 0.492 e. The SMILES string of the molecule is Cc1ccccc1OC[C@H](C)NS(=O)(=O)c1ccc2c(c1)sc(=O)n2Cc1ccc(Cl)cc1. The predicted molar refractivity (Wildman–Crippen MR) is 133 cm³/mol. The van der Waals surface area contributed by atoms with Crippen LogP contribution in [0.15, 0.2) is 76.4 Å². The Morgan fingerprint density at radius 1 is 1.09 bits per heavy atom. The fourth-order valence-electron chi connectivity index (χ4n) is 3.44. The fraction of sp³-hybridized carbons (Fsp3) is 0.208. The maximum Gasteiger partial charge on any atom is 0.308 e. The third-order valence-electron chi connectivity index (χ3n) is 5.14. The van der Waals surface area contributed by atoms with Gasteiger partial charge in [-0.25, -0.2) is 13.1 Å². The standard InChI is InChI=1S/C24H23ClN2O4S2/c1-16-5-3-4-6-22(16)31-15-17(2)26-33(29,30)20-11-12-21-23(13-20)32-24(28)27(21)14-18-7-9-19(25)10-8-18/h3-13,17,26H,14-15H2,1-2H3/t17-/m0/s1. The third-order valence-corrected chi connectivity index (χ3v) is 7.92. The number of fused-ring (bicyclic) bond motifs is 1. The molecule has 9 heteroatoms. The molecule has 0 saturated heterocycles. The summed E-state index contributed by atoms with van der Waals surface area (Å²) in [7, 11) is -3.78. The molecule has 1 atom stereocenters. The summed E-state index contributed by atoms with van der Waals surface area (Å²) >= 11 is 6.96. The first-order valence-corrected chi connectivity index (χ1v) is 13.0. The zero-order chi connectivity index (χ0) is 23.6. The Kier molecular flexibility index (Phi) is 6.90. The number of sulfonamides is 1. The number of aromatic nitrogens is 1. The molecule has 6 nitrogen and oxygen atoms in total. The molecule has 172 valence electrons. The number of hydrogen-bond donors (Lipinski definition) is 1. The molecule has 0 bridgehead atoms. The lowest BCUT2D eigenvalue weighted by Gasteiger charge is -2.16. The van der Waals surface area contributed by atoms with Gasteiger partial charge in [0.25, 0.3) is 0 Å². The fourth-order valence-corrected chi connectivity index (χ4v) is 5.82. The average molecular weight is 503 g/mol. The van der Waals surface area contributed by atoms with E-state index >= 15 is 0 Å². The van der Waals surface area contributed by atoms with E-state index in [0.717, 1.165) is 28.2 Å². The number of nitrogens with one attached hydrogen (secondary N) is 1. The number of ether oxygens (including phenoxy) is 1. The van der Waals surface area contributed by atoms with Gasteiger partial charge in [0, 0.05) is 5.02 Å². The van der Waals surface area contributed by atoms with Crippen LogP contribution in [-0.4, -0.2) is 25.6 Å². The zero-order valence-corrected chi connectivity index (χ0v) is 20.5. The summed E-state index contributed by atoms with van der Waals surface area (Å²) in [6, 6.07) is 19.1. The highest BCUT2D eigenvalue weighted by Gasteiger charge is 2.20. The molecule has 0 unspecified atom stereocenters. The summed E-state index contributed by atoms with van der Waals surface area (Å²) in [5.41, 5.74) is 2.60. The molecule has 0 saturated carbocycles. The van der Waals surface area contributed by atoms with Crippen LogP contribution in [0.25, 0.3) is 10.2 Å². The topological polar surface area (TPSA) is 77.4 Å². The summed E-state index contributed by atoms with van der Waals surface area (Å²) in [5.74, 6) is 0.719. The van der Waals surface area contributed by atoms with E-state index in [1.807, 2.05) is 43.3 Å². The van der Waals surface area contributed by atoms with Gasteiger partial charge in [0.15, 0.2) is 0 Å². The lowest BCUT2D eigenvalue weighted by molar-refractivity contribution is 0.286. The van der Waals surface area contributed by atoms with Crippen LogP contribution in [0.1, 0.15) is 18.1 Å². The summed E-state index contributed by atoms with van der Waals surface area (Å²) in [6.07, 6.45) is 0. The highest BCUT2D eigenvalue weighted by molar-refractivity contribution is 7.89. The van der Waals surface area contributed by atoms with Crippen molar-refractivity contribution in [1.29, 1.82) is 0 Å². The predicted octanol–water partition coefficient (Wildman–Crippen LogP) is 4.82. The monoisotopic (exact) mass is 502 g/mol. The van der Waals surface area contributed by atoms with Gasteiger partial charge in [-0.05, 0) is 61.4 Å². The van der Waals surface area contributed by atoms with Crippen LogP contribution in [0, 0.1) is 6.92 Å². The van der Waals surface area contributed by atoms with Crippen LogP contribution in [0.4, 0.5) is 0 Å². The van der Waals surface area contributed by atoms with E-state index in [2.05, 4.69) is 4.72 Å². The van der Waals surface area contributed by atoms with Gasteiger partial charge in [-0.1, -0.05) is 53.3 Å². The minimum Gasteiger partial charge on any atom is -0.492 e. The van der Waals surface area contributed by atoms with E-state index in [-0.39, 0.29) is 16.4 Å². The molecule has 3 aromatic carbocycles. The summed E-state index contributed by atoms with van der Waals surface area (Å²) in [6.45, 7) is 4.25. The smallest absolute Gasteiger partial charge is 0.308 e. The Bertz CT molecular complexity index is 1440. The molecule has 1 heterocycles. The van der Waals surface area contributed by atoms with Crippen molar-refractivity contribution >= 4 is 43.2 Å². The Morgan fingerprint density at radius 3 is 2.55 bits per heavy atom. The summed E-state index contributed by atoms with van der Waals surface area (Å²) in [5, 5.41) is 0.627. The molecule has 4 rings (SSSR count). The molecule has 0 radical (unpaired) electrons. The van der Waals surface area contributed by atoms with Crippen molar-refractivity contribution in [2.75, 3.05) is 6.61 Å². The number of para-hydroxylation sites is 1. The molecule has 1 aromatic heterocycles. The second kappa shape index (κ2) is 9.69. The normalized spacial score (nSPS) is 12.7. The second-order valence-electron chi connectivity index (χ2n) is 7.81. The van der Waals surface area contributed by atoms with E-state index in [1.54, 1.807) is 29.7 Å². The number of nitrogens with zero attached hydrogens (tertiary/aromatic N) is 1.